The number of nitrogens with two attached hydrogens (primary N) is 1. The Morgan fingerprint density at radius 2 is 1.93 bits per heavy atom. The van der Waals surface area contributed by atoms with Crippen molar-refractivity contribution in [2.45, 2.75) is 71.8 Å². The second-order valence-electron chi connectivity index (χ2n) is 9.84. The summed E-state index contributed by atoms with van der Waals surface area (Å²) in [4.78, 5) is 24.8. The Morgan fingerprint density at radius 3 is 2.60 bits per heavy atom. The fraction of sp³-hybridized carbons (Fsp3) is 0.542. The van der Waals surface area contributed by atoms with Crippen molar-refractivity contribution >= 4 is 11.7 Å². The van der Waals surface area contributed by atoms with Crippen LogP contribution in [0.15, 0.2) is 18.2 Å². The molecule has 6 nitrogen and oxygen atoms in total. The molecule has 2 aromatic rings. The molecule has 1 amide bonds. The first kappa shape index (κ1) is 20.8. The van der Waals surface area contributed by atoms with E-state index in [0.717, 1.165) is 66.7 Å². The highest BCUT2D eigenvalue weighted by atomic mass is 16.3. The number of fused-ring (bicyclic) bond motifs is 1. The molecular formula is C24H31N3O3. The molecule has 0 unspecified atom stereocenters. The van der Waals surface area contributed by atoms with Crippen LogP contribution in [-0.2, 0) is 12.8 Å². The summed E-state index contributed by atoms with van der Waals surface area (Å²) in [5.74, 6) is 0.151. The first-order valence-corrected chi connectivity index (χ1v) is 10.9. The van der Waals surface area contributed by atoms with E-state index in [0.29, 0.717) is 17.9 Å². The van der Waals surface area contributed by atoms with Gasteiger partial charge in [-0.3, -0.25) is 9.59 Å². The highest BCUT2D eigenvalue weighted by molar-refractivity contribution is 6.00. The Labute approximate surface area is 177 Å². The summed E-state index contributed by atoms with van der Waals surface area (Å²) in [7, 11) is 0. The Morgan fingerprint density at radius 1 is 1.23 bits per heavy atom. The molecular weight excluding hydrogens is 378 g/mol. The third-order valence-corrected chi connectivity index (χ3v) is 6.64. The van der Waals surface area contributed by atoms with Gasteiger partial charge in [-0.25, -0.2) is 4.68 Å². The normalized spacial score (nSPS) is 23.3. The molecule has 1 fully saturated rings. The summed E-state index contributed by atoms with van der Waals surface area (Å²) < 4.78 is 1.88. The van der Waals surface area contributed by atoms with Crippen LogP contribution in [0.4, 0.5) is 0 Å². The molecule has 0 aliphatic heterocycles. The Hall–Kier alpha value is -2.47. The van der Waals surface area contributed by atoms with Gasteiger partial charge in [0.2, 0.25) is 5.91 Å². The third kappa shape index (κ3) is 3.93. The van der Waals surface area contributed by atoms with Crippen molar-refractivity contribution in [3.05, 3.63) is 46.3 Å². The molecule has 3 N–H and O–H groups in total. The van der Waals surface area contributed by atoms with E-state index in [1.54, 1.807) is 6.07 Å². The fourth-order valence-electron chi connectivity index (χ4n) is 5.13. The number of aromatic nitrogens is 2. The maximum Gasteiger partial charge on any atom is 0.248 e. The number of Topliss-reactive ketones (excluding diaryl/α,β-unsaturated/α-hetero) is 1. The largest absolute Gasteiger partial charge is 0.393 e. The highest BCUT2D eigenvalue weighted by Crippen LogP contribution is 2.37. The summed E-state index contributed by atoms with van der Waals surface area (Å²) in [5.41, 5.74) is 10.3. The van der Waals surface area contributed by atoms with Gasteiger partial charge in [-0.05, 0) is 80.5 Å². The van der Waals surface area contributed by atoms with Gasteiger partial charge in [-0.2, -0.15) is 5.10 Å². The first-order valence-electron chi connectivity index (χ1n) is 10.9. The van der Waals surface area contributed by atoms with E-state index in [1.807, 2.05) is 23.7 Å². The van der Waals surface area contributed by atoms with Crippen molar-refractivity contribution in [3.8, 4) is 5.69 Å². The summed E-state index contributed by atoms with van der Waals surface area (Å²) >= 11 is 0. The van der Waals surface area contributed by atoms with Gasteiger partial charge >= 0.3 is 0 Å². The molecule has 1 saturated carbocycles. The van der Waals surface area contributed by atoms with Crippen molar-refractivity contribution in [3.63, 3.8) is 0 Å². The fourth-order valence-corrected chi connectivity index (χ4v) is 5.13. The average molecular weight is 410 g/mol. The van der Waals surface area contributed by atoms with Crippen molar-refractivity contribution < 1.29 is 14.7 Å². The Balaban J connectivity index is 1.73. The lowest BCUT2D eigenvalue weighted by Crippen LogP contribution is -2.28. The van der Waals surface area contributed by atoms with Crippen molar-refractivity contribution in [1.82, 2.24) is 9.78 Å². The molecule has 6 heteroatoms. The van der Waals surface area contributed by atoms with E-state index in [-0.39, 0.29) is 17.3 Å². The van der Waals surface area contributed by atoms with E-state index >= 15 is 0 Å². The summed E-state index contributed by atoms with van der Waals surface area (Å²) in [6.07, 6.45) is 5.37. The van der Waals surface area contributed by atoms with E-state index in [1.165, 1.54) is 0 Å². The number of carbonyl (C=O) groups excluding carboxylic acids is 2. The summed E-state index contributed by atoms with van der Waals surface area (Å²) in [5, 5.41) is 14.5. The maximum absolute atomic E-state index is 12.7. The number of amides is 1. The van der Waals surface area contributed by atoms with Crippen LogP contribution in [0.25, 0.3) is 5.69 Å². The topological polar surface area (TPSA) is 98.2 Å². The summed E-state index contributed by atoms with van der Waals surface area (Å²) in [6.45, 7) is 6.11. The quantitative estimate of drug-likeness (QED) is 0.807. The minimum Gasteiger partial charge on any atom is -0.393 e. The molecule has 160 valence electrons. The van der Waals surface area contributed by atoms with E-state index in [2.05, 4.69) is 13.8 Å². The number of primary amides is 1. The number of ketones is 1. The van der Waals surface area contributed by atoms with Gasteiger partial charge in [0.15, 0.2) is 5.78 Å². The second kappa shape index (κ2) is 7.65. The lowest BCUT2D eigenvalue weighted by molar-refractivity contribution is 0.0909. The van der Waals surface area contributed by atoms with Gasteiger partial charge in [0.1, 0.15) is 0 Å². The molecule has 2 aliphatic carbocycles. The molecule has 4 rings (SSSR count). The van der Waals surface area contributed by atoms with Gasteiger partial charge in [-0.15, -0.1) is 0 Å². The molecule has 1 heterocycles. The van der Waals surface area contributed by atoms with Gasteiger partial charge in [0.05, 0.1) is 28.7 Å². The number of benzene rings is 1. The van der Waals surface area contributed by atoms with Crippen LogP contribution in [0, 0.1) is 18.3 Å². The van der Waals surface area contributed by atoms with E-state index < -0.39 is 5.91 Å². The van der Waals surface area contributed by atoms with Crippen LogP contribution < -0.4 is 5.73 Å². The molecule has 30 heavy (non-hydrogen) atoms. The number of hydrogen-bond acceptors (Lipinski definition) is 4. The molecule has 1 aromatic carbocycles. The number of aliphatic hydroxyl groups is 1. The van der Waals surface area contributed by atoms with Crippen LogP contribution in [0.2, 0.25) is 0 Å². The molecule has 0 bridgehead atoms. The number of aryl methyl sites for hydroxylation is 1. The van der Waals surface area contributed by atoms with Gasteiger partial charge < -0.3 is 10.8 Å². The Bertz CT molecular complexity index is 997. The zero-order chi connectivity index (χ0) is 21.6. The zero-order valence-corrected chi connectivity index (χ0v) is 18.1. The average Bonchev–Trinajstić information content (AvgIpc) is 2.98. The number of carbonyl (C=O) groups is 2. The van der Waals surface area contributed by atoms with E-state index in [4.69, 9.17) is 10.8 Å². The molecule has 2 aliphatic rings. The standard InChI is InChI=1S/C24H31N3O3/c1-14-22-20(12-24(2,3)13-21(22)29)27(26-14)17-6-9-19(23(25)30)16(11-17)10-15-4-7-18(28)8-5-15/h6,9,11,15,18,28H,4-5,7-8,10,12-13H2,1-3H3,(H2,25,30). The molecule has 0 radical (unpaired) electrons. The van der Waals surface area contributed by atoms with Gasteiger partial charge in [0, 0.05) is 12.0 Å². The molecule has 0 atom stereocenters. The number of aliphatic hydroxyl groups excluding tert-OH is 1. The van der Waals surface area contributed by atoms with E-state index in [9.17, 15) is 14.7 Å². The number of rotatable bonds is 4. The monoisotopic (exact) mass is 409 g/mol. The minimum atomic E-state index is -0.428. The highest BCUT2D eigenvalue weighted by Gasteiger charge is 2.35. The summed E-state index contributed by atoms with van der Waals surface area (Å²) in [6, 6.07) is 5.65. The minimum absolute atomic E-state index is 0.104. The number of hydrogen-bond donors (Lipinski definition) is 2. The van der Waals surface area contributed by atoms with Crippen molar-refractivity contribution in [1.29, 1.82) is 0 Å². The second-order valence-corrected chi connectivity index (χ2v) is 9.84. The van der Waals surface area contributed by atoms with Crippen LogP contribution in [0.3, 0.4) is 0 Å². The molecule has 0 spiro atoms. The smallest absolute Gasteiger partial charge is 0.248 e. The van der Waals surface area contributed by atoms with Crippen LogP contribution >= 0.6 is 0 Å². The van der Waals surface area contributed by atoms with Gasteiger partial charge in [0.25, 0.3) is 0 Å². The van der Waals surface area contributed by atoms with Crippen molar-refractivity contribution in [2.75, 3.05) is 0 Å². The van der Waals surface area contributed by atoms with Crippen LogP contribution in [0.1, 0.15) is 83.6 Å². The lowest BCUT2D eigenvalue weighted by atomic mass is 9.75. The molecule has 0 saturated heterocycles. The lowest BCUT2D eigenvalue weighted by Gasteiger charge is -2.29. The van der Waals surface area contributed by atoms with Crippen LogP contribution in [0.5, 0.6) is 0 Å². The first-order chi connectivity index (χ1) is 14.1. The number of nitrogens with zero attached hydrogens (tertiary/aromatic N) is 2. The zero-order valence-electron chi connectivity index (χ0n) is 18.1. The predicted octanol–water partition coefficient (Wildman–Crippen LogP) is 3.53. The molecule has 1 aromatic heterocycles. The SMILES string of the molecule is Cc1nn(-c2ccc(C(N)=O)c(CC3CCC(O)CC3)c2)c2c1C(=O)CC(C)(C)C2. The predicted molar refractivity (Wildman–Crippen MR) is 115 cm³/mol. The van der Waals surface area contributed by atoms with Crippen LogP contribution in [-0.4, -0.2) is 32.7 Å². The van der Waals surface area contributed by atoms with Crippen molar-refractivity contribution in [2.24, 2.45) is 17.1 Å². The Kier molecular flexibility index (Phi) is 5.30. The maximum atomic E-state index is 12.7. The van der Waals surface area contributed by atoms with Gasteiger partial charge in [-0.1, -0.05) is 13.8 Å². The third-order valence-electron chi connectivity index (χ3n) is 6.64.